The molecule has 0 unspecified atom stereocenters. The highest BCUT2D eigenvalue weighted by Crippen LogP contribution is 2.31. The van der Waals surface area contributed by atoms with Crippen LogP contribution in [-0.2, 0) is 11.8 Å². The molecule has 0 fully saturated rings. The standard InChI is InChI=1S/C15H12Cl2F2O/c16-9-11-8-13(17)6-7-14(11)20-10-15(18,19)12-4-2-1-3-5-12/h1-8H,9-10H2. The van der Waals surface area contributed by atoms with Gasteiger partial charge in [-0.2, -0.15) is 8.78 Å². The molecular weight excluding hydrogens is 305 g/mol. The number of hydrogen-bond acceptors (Lipinski definition) is 1. The van der Waals surface area contributed by atoms with Crippen LogP contribution in [-0.4, -0.2) is 6.61 Å². The smallest absolute Gasteiger partial charge is 0.306 e. The number of hydrogen-bond donors (Lipinski definition) is 0. The summed E-state index contributed by atoms with van der Waals surface area (Å²) in [4.78, 5) is 0. The van der Waals surface area contributed by atoms with Crippen LogP contribution in [0.4, 0.5) is 8.78 Å². The van der Waals surface area contributed by atoms with Crippen molar-refractivity contribution in [3.05, 3.63) is 64.7 Å². The molecule has 106 valence electrons. The van der Waals surface area contributed by atoms with Crippen LogP contribution in [0.2, 0.25) is 5.02 Å². The summed E-state index contributed by atoms with van der Waals surface area (Å²) < 4.78 is 33.2. The van der Waals surface area contributed by atoms with Gasteiger partial charge in [0.05, 0.1) is 5.88 Å². The van der Waals surface area contributed by atoms with Gasteiger partial charge in [0.2, 0.25) is 0 Å². The third-order valence-electron chi connectivity index (χ3n) is 2.77. The molecule has 0 amide bonds. The summed E-state index contributed by atoms with van der Waals surface area (Å²) in [7, 11) is 0. The van der Waals surface area contributed by atoms with Crippen molar-refractivity contribution in [3.63, 3.8) is 0 Å². The molecule has 0 aliphatic rings. The summed E-state index contributed by atoms with van der Waals surface area (Å²) in [6.07, 6.45) is 0. The largest absolute Gasteiger partial charge is 0.487 e. The van der Waals surface area contributed by atoms with Crippen molar-refractivity contribution in [3.8, 4) is 5.75 Å². The van der Waals surface area contributed by atoms with E-state index in [2.05, 4.69) is 0 Å². The number of rotatable bonds is 5. The fourth-order valence-corrected chi connectivity index (χ4v) is 2.13. The minimum absolute atomic E-state index is 0.0820. The highest BCUT2D eigenvalue weighted by molar-refractivity contribution is 6.30. The van der Waals surface area contributed by atoms with Crippen LogP contribution in [0.15, 0.2) is 48.5 Å². The van der Waals surface area contributed by atoms with Crippen molar-refractivity contribution in [2.75, 3.05) is 6.61 Å². The molecule has 0 saturated heterocycles. The minimum atomic E-state index is -3.07. The lowest BCUT2D eigenvalue weighted by atomic mass is 10.1. The van der Waals surface area contributed by atoms with Crippen molar-refractivity contribution in [1.82, 2.24) is 0 Å². The van der Waals surface area contributed by atoms with Gasteiger partial charge in [-0.1, -0.05) is 41.9 Å². The summed E-state index contributed by atoms with van der Waals surface area (Å²) in [5, 5.41) is 0.489. The maximum Gasteiger partial charge on any atom is 0.306 e. The Morgan fingerprint density at radius 1 is 1.05 bits per heavy atom. The van der Waals surface area contributed by atoms with Gasteiger partial charge < -0.3 is 4.74 Å². The van der Waals surface area contributed by atoms with Gasteiger partial charge >= 0.3 is 5.92 Å². The lowest BCUT2D eigenvalue weighted by Gasteiger charge is -2.18. The van der Waals surface area contributed by atoms with E-state index < -0.39 is 12.5 Å². The topological polar surface area (TPSA) is 9.23 Å². The van der Waals surface area contributed by atoms with Gasteiger partial charge in [0.1, 0.15) is 5.75 Å². The summed E-state index contributed by atoms with van der Waals surface area (Å²) in [5.74, 6) is -2.60. The molecular formula is C15H12Cl2F2O. The van der Waals surface area contributed by atoms with E-state index >= 15 is 0 Å². The zero-order valence-corrected chi connectivity index (χ0v) is 12.0. The zero-order chi connectivity index (χ0) is 14.6. The Kier molecular flexibility index (Phi) is 4.84. The predicted octanol–water partition coefficient (Wildman–Crippen LogP) is 5.25. The van der Waals surface area contributed by atoms with Crippen LogP contribution < -0.4 is 4.74 Å². The maximum absolute atomic E-state index is 14.0. The van der Waals surface area contributed by atoms with E-state index in [1.807, 2.05) is 0 Å². The summed E-state index contributed by atoms with van der Waals surface area (Å²) in [5.41, 5.74) is 0.504. The van der Waals surface area contributed by atoms with Gasteiger partial charge in [-0.3, -0.25) is 0 Å². The first-order valence-corrected chi connectivity index (χ1v) is 6.85. The fourth-order valence-electron chi connectivity index (χ4n) is 1.73. The van der Waals surface area contributed by atoms with Crippen molar-refractivity contribution < 1.29 is 13.5 Å². The van der Waals surface area contributed by atoms with E-state index in [9.17, 15) is 8.78 Å². The molecule has 0 bridgehead atoms. The summed E-state index contributed by atoms with van der Waals surface area (Å²) in [6, 6.07) is 12.3. The van der Waals surface area contributed by atoms with Crippen molar-refractivity contribution in [1.29, 1.82) is 0 Å². The highest BCUT2D eigenvalue weighted by Gasteiger charge is 2.32. The Morgan fingerprint density at radius 2 is 1.75 bits per heavy atom. The summed E-state index contributed by atoms with van der Waals surface area (Å²) >= 11 is 11.6. The second-order valence-corrected chi connectivity index (χ2v) is 4.95. The van der Waals surface area contributed by atoms with E-state index in [1.165, 1.54) is 12.1 Å². The first kappa shape index (κ1) is 15.1. The Labute approximate surface area is 126 Å². The fraction of sp³-hybridized carbons (Fsp3) is 0.200. The average molecular weight is 317 g/mol. The highest BCUT2D eigenvalue weighted by atomic mass is 35.5. The Bertz CT molecular complexity index is 573. The average Bonchev–Trinajstić information content (AvgIpc) is 2.46. The Morgan fingerprint density at radius 3 is 2.40 bits per heavy atom. The molecule has 0 aromatic heterocycles. The van der Waals surface area contributed by atoms with Crippen LogP contribution in [0.1, 0.15) is 11.1 Å². The second kappa shape index (κ2) is 6.42. The van der Waals surface area contributed by atoms with Crippen molar-refractivity contribution in [2.24, 2.45) is 0 Å². The van der Waals surface area contributed by atoms with E-state index in [0.717, 1.165) is 0 Å². The van der Waals surface area contributed by atoms with E-state index in [0.29, 0.717) is 16.3 Å². The van der Waals surface area contributed by atoms with Crippen LogP contribution in [0, 0.1) is 0 Å². The van der Waals surface area contributed by atoms with Crippen LogP contribution in [0.25, 0.3) is 0 Å². The third-order valence-corrected chi connectivity index (χ3v) is 3.29. The van der Waals surface area contributed by atoms with Gasteiger partial charge in [0.25, 0.3) is 0 Å². The molecule has 0 atom stereocenters. The number of ether oxygens (including phenoxy) is 1. The maximum atomic E-state index is 14.0. The van der Waals surface area contributed by atoms with E-state index in [1.54, 1.807) is 36.4 Å². The van der Waals surface area contributed by atoms with Gasteiger partial charge in [-0.05, 0) is 18.2 Å². The molecule has 5 heteroatoms. The number of halogens is 4. The lowest BCUT2D eigenvalue weighted by Crippen LogP contribution is -2.23. The number of alkyl halides is 3. The van der Waals surface area contributed by atoms with Gasteiger partial charge in [0, 0.05) is 16.1 Å². The molecule has 2 rings (SSSR count). The molecule has 0 radical (unpaired) electrons. The molecule has 0 spiro atoms. The van der Waals surface area contributed by atoms with E-state index in [4.69, 9.17) is 27.9 Å². The predicted molar refractivity (Wildman–Crippen MR) is 76.8 cm³/mol. The van der Waals surface area contributed by atoms with Crippen LogP contribution in [0.5, 0.6) is 5.75 Å². The monoisotopic (exact) mass is 316 g/mol. The SMILES string of the molecule is FC(F)(COc1ccc(Cl)cc1CCl)c1ccccc1. The van der Waals surface area contributed by atoms with Gasteiger partial charge in [-0.15, -0.1) is 11.6 Å². The van der Waals surface area contributed by atoms with Gasteiger partial charge in [-0.25, -0.2) is 0 Å². The molecule has 0 aliphatic heterocycles. The summed E-state index contributed by atoms with van der Waals surface area (Å²) in [6.45, 7) is -0.747. The molecule has 0 N–H and O–H groups in total. The first-order chi connectivity index (χ1) is 9.53. The molecule has 0 aliphatic carbocycles. The molecule has 20 heavy (non-hydrogen) atoms. The lowest BCUT2D eigenvalue weighted by molar-refractivity contribution is -0.0468. The molecule has 0 saturated carbocycles. The Balaban J connectivity index is 2.12. The third kappa shape index (κ3) is 3.62. The first-order valence-electron chi connectivity index (χ1n) is 5.93. The molecule has 2 aromatic carbocycles. The minimum Gasteiger partial charge on any atom is -0.487 e. The second-order valence-electron chi connectivity index (χ2n) is 4.24. The van der Waals surface area contributed by atoms with Crippen molar-refractivity contribution in [2.45, 2.75) is 11.8 Å². The molecule has 0 heterocycles. The normalized spacial score (nSPS) is 11.4. The molecule has 2 aromatic rings. The Hall–Kier alpha value is -1.32. The van der Waals surface area contributed by atoms with Gasteiger partial charge in [0.15, 0.2) is 6.61 Å². The molecule has 1 nitrogen and oxygen atoms in total. The van der Waals surface area contributed by atoms with Crippen LogP contribution >= 0.6 is 23.2 Å². The van der Waals surface area contributed by atoms with Crippen LogP contribution in [0.3, 0.4) is 0 Å². The van der Waals surface area contributed by atoms with Crippen molar-refractivity contribution >= 4 is 23.2 Å². The van der Waals surface area contributed by atoms with E-state index in [-0.39, 0.29) is 11.4 Å². The zero-order valence-electron chi connectivity index (χ0n) is 10.5. The quantitative estimate of drug-likeness (QED) is 0.684. The number of benzene rings is 2.